The van der Waals surface area contributed by atoms with Gasteiger partial charge in [-0.25, -0.2) is 0 Å². The normalized spacial score (nSPS) is 10.9. The molecule has 4 nitrogen and oxygen atoms in total. The fourth-order valence-corrected chi connectivity index (χ4v) is 3.35. The van der Waals surface area contributed by atoms with Gasteiger partial charge in [-0.1, -0.05) is 35.9 Å². The van der Waals surface area contributed by atoms with Gasteiger partial charge < -0.3 is 9.47 Å². The van der Waals surface area contributed by atoms with Crippen LogP contribution in [0.2, 0.25) is 0 Å². The minimum Gasteiger partial charge on any atom is -0.493 e. The molecule has 1 heterocycles. The Kier molecular flexibility index (Phi) is 7.04. The van der Waals surface area contributed by atoms with Crippen LogP contribution in [-0.2, 0) is 19.5 Å². The summed E-state index contributed by atoms with van der Waals surface area (Å²) in [5.74, 6) is 1.54. The van der Waals surface area contributed by atoms with E-state index in [4.69, 9.17) is 9.47 Å². The lowest BCUT2D eigenvalue weighted by atomic mass is 10.1. The van der Waals surface area contributed by atoms with Gasteiger partial charge in [0, 0.05) is 32.0 Å². The van der Waals surface area contributed by atoms with Crippen LogP contribution in [0.25, 0.3) is 0 Å². The summed E-state index contributed by atoms with van der Waals surface area (Å²) in [6.45, 7) is 4.90. The van der Waals surface area contributed by atoms with Crippen molar-refractivity contribution in [2.45, 2.75) is 26.4 Å². The molecule has 0 aliphatic heterocycles. The Balaban J connectivity index is 1.73. The molecule has 0 N–H and O–H groups in total. The third-order valence-electron chi connectivity index (χ3n) is 4.81. The van der Waals surface area contributed by atoms with Crippen LogP contribution in [0.15, 0.2) is 67.0 Å². The summed E-state index contributed by atoms with van der Waals surface area (Å²) in [5, 5.41) is 0. The number of rotatable bonds is 9. The Labute approximate surface area is 167 Å². The zero-order valence-corrected chi connectivity index (χ0v) is 16.9. The number of ether oxygens (including phenoxy) is 2. The van der Waals surface area contributed by atoms with Crippen LogP contribution in [0.3, 0.4) is 0 Å². The number of hydrogen-bond donors (Lipinski definition) is 0. The number of nitrogens with zero attached hydrogens (tertiary/aromatic N) is 2. The summed E-state index contributed by atoms with van der Waals surface area (Å²) in [6, 6.07) is 19.0. The largest absolute Gasteiger partial charge is 0.493 e. The maximum absolute atomic E-state index is 5.44. The predicted octanol–water partition coefficient (Wildman–Crippen LogP) is 4.65. The van der Waals surface area contributed by atoms with Crippen molar-refractivity contribution in [3.63, 3.8) is 0 Å². The molecule has 146 valence electrons. The van der Waals surface area contributed by atoms with Crippen molar-refractivity contribution in [1.82, 2.24) is 9.88 Å². The lowest BCUT2D eigenvalue weighted by Crippen LogP contribution is -2.25. The van der Waals surface area contributed by atoms with E-state index in [9.17, 15) is 0 Å². The molecule has 0 amide bonds. The Bertz CT molecular complexity index is 881. The summed E-state index contributed by atoms with van der Waals surface area (Å²) in [6.07, 6.45) is 4.65. The molecular formula is C24H28N2O2. The van der Waals surface area contributed by atoms with Gasteiger partial charge in [0.15, 0.2) is 11.5 Å². The van der Waals surface area contributed by atoms with Gasteiger partial charge in [0.2, 0.25) is 0 Å². The molecule has 0 saturated carbocycles. The van der Waals surface area contributed by atoms with Gasteiger partial charge in [-0.15, -0.1) is 0 Å². The molecule has 4 heteroatoms. The van der Waals surface area contributed by atoms with Crippen LogP contribution >= 0.6 is 0 Å². The molecule has 0 unspecified atom stereocenters. The molecule has 2 aromatic carbocycles. The minimum absolute atomic E-state index is 0.764. The van der Waals surface area contributed by atoms with Crippen molar-refractivity contribution in [1.29, 1.82) is 0 Å². The van der Waals surface area contributed by atoms with Gasteiger partial charge in [-0.3, -0.25) is 9.88 Å². The maximum atomic E-state index is 5.44. The standard InChI is InChI=1S/C24H28N2O2/c1-19-5-4-6-22(15-19)18-26(17-21-9-12-25-13-10-21)14-11-20-7-8-23(27-2)24(16-20)28-3/h4-10,12-13,15-16H,11,14,17-18H2,1-3H3. The molecule has 3 aromatic rings. The van der Waals surface area contributed by atoms with Gasteiger partial charge in [0.25, 0.3) is 0 Å². The van der Waals surface area contributed by atoms with Crippen LogP contribution in [0.5, 0.6) is 11.5 Å². The molecule has 0 spiro atoms. The number of aryl methyl sites for hydroxylation is 1. The summed E-state index contributed by atoms with van der Waals surface area (Å²) in [4.78, 5) is 6.61. The Morgan fingerprint density at radius 1 is 0.786 bits per heavy atom. The molecule has 1 aromatic heterocycles. The molecule has 0 aliphatic rings. The smallest absolute Gasteiger partial charge is 0.160 e. The second-order valence-corrected chi connectivity index (χ2v) is 6.99. The number of benzene rings is 2. The Hall–Kier alpha value is -2.85. The van der Waals surface area contributed by atoms with E-state index in [0.29, 0.717) is 0 Å². The van der Waals surface area contributed by atoms with E-state index in [1.807, 2.05) is 18.5 Å². The summed E-state index contributed by atoms with van der Waals surface area (Å²) >= 11 is 0. The van der Waals surface area contributed by atoms with Gasteiger partial charge >= 0.3 is 0 Å². The zero-order chi connectivity index (χ0) is 19.8. The van der Waals surface area contributed by atoms with Crippen molar-refractivity contribution in [3.8, 4) is 11.5 Å². The topological polar surface area (TPSA) is 34.6 Å². The fourth-order valence-electron chi connectivity index (χ4n) is 3.35. The van der Waals surface area contributed by atoms with E-state index in [1.54, 1.807) is 14.2 Å². The first-order chi connectivity index (χ1) is 13.7. The highest BCUT2D eigenvalue weighted by Crippen LogP contribution is 2.27. The maximum Gasteiger partial charge on any atom is 0.160 e. The van der Waals surface area contributed by atoms with Crippen LogP contribution in [0.1, 0.15) is 22.3 Å². The third-order valence-corrected chi connectivity index (χ3v) is 4.81. The average molecular weight is 377 g/mol. The molecule has 28 heavy (non-hydrogen) atoms. The fraction of sp³-hybridized carbons (Fsp3) is 0.292. The van der Waals surface area contributed by atoms with E-state index < -0.39 is 0 Å². The molecule has 0 aliphatic carbocycles. The highest BCUT2D eigenvalue weighted by Gasteiger charge is 2.10. The van der Waals surface area contributed by atoms with Crippen LogP contribution in [-0.4, -0.2) is 30.6 Å². The number of pyridine rings is 1. The molecule has 3 rings (SSSR count). The van der Waals surface area contributed by atoms with E-state index in [0.717, 1.165) is 37.6 Å². The average Bonchev–Trinajstić information content (AvgIpc) is 2.72. The van der Waals surface area contributed by atoms with Crippen molar-refractivity contribution in [2.75, 3.05) is 20.8 Å². The SMILES string of the molecule is COc1ccc(CCN(Cc2ccncc2)Cc2cccc(C)c2)cc1OC. The lowest BCUT2D eigenvalue weighted by molar-refractivity contribution is 0.260. The van der Waals surface area contributed by atoms with E-state index in [-0.39, 0.29) is 0 Å². The van der Waals surface area contributed by atoms with Gasteiger partial charge in [-0.05, 0) is 54.3 Å². The predicted molar refractivity (Wildman–Crippen MR) is 113 cm³/mol. The van der Waals surface area contributed by atoms with E-state index >= 15 is 0 Å². The molecule has 0 atom stereocenters. The Morgan fingerprint density at radius 2 is 1.54 bits per heavy atom. The second kappa shape index (κ2) is 9.90. The quantitative estimate of drug-likeness (QED) is 0.544. The monoisotopic (exact) mass is 376 g/mol. The summed E-state index contributed by atoms with van der Waals surface area (Å²) in [7, 11) is 3.34. The number of hydrogen-bond acceptors (Lipinski definition) is 4. The lowest BCUT2D eigenvalue weighted by Gasteiger charge is -2.23. The third kappa shape index (κ3) is 5.57. The van der Waals surface area contributed by atoms with Crippen LogP contribution < -0.4 is 9.47 Å². The van der Waals surface area contributed by atoms with Gasteiger partial charge in [-0.2, -0.15) is 0 Å². The van der Waals surface area contributed by atoms with Gasteiger partial charge in [0.05, 0.1) is 14.2 Å². The van der Waals surface area contributed by atoms with Crippen molar-refractivity contribution in [2.24, 2.45) is 0 Å². The highest BCUT2D eigenvalue weighted by molar-refractivity contribution is 5.43. The first-order valence-corrected chi connectivity index (χ1v) is 9.55. The molecule has 0 fully saturated rings. The van der Waals surface area contributed by atoms with E-state index in [2.05, 4.69) is 65.3 Å². The first-order valence-electron chi connectivity index (χ1n) is 9.55. The van der Waals surface area contributed by atoms with Crippen molar-refractivity contribution >= 4 is 0 Å². The number of methoxy groups -OCH3 is 2. The Morgan fingerprint density at radius 3 is 2.25 bits per heavy atom. The number of aromatic nitrogens is 1. The molecule has 0 bridgehead atoms. The minimum atomic E-state index is 0.764. The highest BCUT2D eigenvalue weighted by atomic mass is 16.5. The van der Waals surface area contributed by atoms with Crippen LogP contribution in [0.4, 0.5) is 0 Å². The van der Waals surface area contributed by atoms with Crippen molar-refractivity contribution in [3.05, 3.63) is 89.2 Å². The second-order valence-electron chi connectivity index (χ2n) is 6.99. The first kappa shape index (κ1) is 19.9. The van der Waals surface area contributed by atoms with Gasteiger partial charge in [0.1, 0.15) is 0 Å². The van der Waals surface area contributed by atoms with Crippen LogP contribution in [0, 0.1) is 6.92 Å². The molecule has 0 saturated heterocycles. The molecule has 0 radical (unpaired) electrons. The molecular weight excluding hydrogens is 348 g/mol. The van der Waals surface area contributed by atoms with Crippen molar-refractivity contribution < 1.29 is 9.47 Å². The summed E-state index contributed by atoms with van der Waals surface area (Å²) in [5.41, 5.74) is 5.14. The summed E-state index contributed by atoms with van der Waals surface area (Å²) < 4.78 is 10.8. The van der Waals surface area contributed by atoms with E-state index in [1.165, 1.54) is 22.3 Å². The zero-order valence-electron chi connectivity index (χ0n) is 16.9.